The molecule has 0 amide bonds. The van der Waals surface area contributed by atoms with Crippen LogP contribution in [-0.4, -0.2) is 33.7 Å². The van der Waals surface area contributed by atoms with E-state index >= 15 is 0 Å². The monoisotopic (exact) mass is 332 g/mol. The maximum absolute atomic E-state index is 12.5. The minimum atomic E-state index is -3.50. The molecular weight excluding hydrogens is 308 g/mol. The third-order valence-corrected chi connectivity index (χ3v) is 6.72. The Kier molecular flexibility index (Phi) is 5.10. The number of hydrogen-bond donors (Lipinski definition) is 2. The van der Waals surface area contributed by atoms with Crippen molar-refractivity contribution in [1.82, 2.24) is 10.0 Å². The van der Waals surface area contributed by atoms with Crippen molar-refractivity contribution in [3.8, 4) is 0 Å². The Labute approximate surface area is 131 Å². The molecule has 1 aromatic heterocycles. The van der Waals surface area contributed by atoms with Crippen LogP contribution in [0.25, 0.3) is 0 Å². The molecule has 1 aliphatic rings. The number of ether oxygens (including phenoxy) is 1. The summed E-state index contributed by atoms with van der Waals surface area (Å²) in [6, 6.07) is 2.37. The molecule has 5 nitrogen and oxygen atoms in total. The van der Waals surface area contributed by atoms with Crippen molar-refractivity contribution in [2.75, 3.05) is 13.7 Å². The molecule has 1 aromatic rings. The van der Waals surface area contributed by atoms with E-state index in [9.17, 15) is 8.42 Å². The van der Waals surface area contributed by atoms with Crippen molar-refractivity contribution in [2.45, 2.75) is 55.9 Å². The van der Waals surface area contributed by atoms with Crippen LogP contribution in [0, 0.1) is 6.92 Å². The van der Waals surface area contributed by atoms with Crippen molar-refractivity contribution < 1.29 is 13.2 Å². The van der Waals surface area contributed by atoms with Crippen molar-refractivity contribution >= 4 is 21.4 Å². The van der Waals surface area contributed by atoms with Crippen LogP contribution in [0.15, 0.2) is 10.3 Å². The molecule has 0 radical (unpaired) electrons. The molecule has 2 N–H and O–H groups in total. The number of sulfonamides is 1. The van der Waals surface area contributed by atoms with Gasteiger partial charge in [-0.3, -0.25) is 0 Å². The predicted octanol–water partition coefficient (Wildman–Crippen LogP) is 2.01. The molecule has 0 spiro atoms. The van der Waals surface area contributed by atoms with Gasteiger partial charge >= 0.3 is 0 Å². The van der Waals surface area contributed by atoms with Crippen LogP contribution in [0.4, 0.5) is 0 Å². The maximum atomic E-state index is 12.5. The summed E-state index contributed by atoms with van der Waals surface area (Å²) in [4.78, 5) is 1.09. The van der Waals surface area contributed by atoms with Gasteiger partial charge in [-0.2, -0.15) is 0 Å². The quantitative estimate of drug-likeness (QED) is 0.764. The summed E-state index contributed by atoms with van der Waals surface area (Å²) in [5.74, 6) is 0. The Morgan fingerprint density at radius 3 is 2.67 bits per heavy atom. The van der Waals surface area contributed by atoms with E-state index in [4.69, 9.17) is 4.74 Å². The average molecular weight is 332 g/mol. The van der Waals surface area contributed by atoms with E-state index in [1.165, 1.54) is 24.2 Å². The van der Waals surface area contributed by atoms with E-state index in [1.807, 2.05) is 20.8 Å². The minimum Gasteiger partial charge on any atom is -0.383 e. The SMILES string of the molecule is COCC(C)(C)NS(=O)(=O)c1cc(C)c(CNC2CC2)s1. The van der Waals surface area contributed by atoms with Crippen LogP contribution in [0.3, 0.4) is 0 Å². The van der Waals surface area contributed by atoms with Crippen LogP contribution in [0.5, 0.6) is 0 Å². The highest BCUT2D eigenvalue weighted by molar-refractivity contribution is 7.91. The first-order valence-corrected chi connectivity index (χ1v) is 9.39. The molecule has 1 fully saturated rings. The molecule has 120 valence electrons. The first-order valence-electron chi connectivity index (χ1n) is 7.09. The summed E-state index contributed by atoms with van der Waals surface area (Å²) in [6.45, 7) is 6.65. The Morgan fingerprint density at radius 2 is 2.10 bits per heavy atom. The molecule has 0 bridgehead atoms. The fourth-order valence-corrected chi connectivity index (χ4v) is 5.06. The van der Waals surface area contributed by atoms with E-state index < -0.39 is 15.6 Å². The van der Waals surface area contributed by atoms with Gasteiger partial charge in [0.2, 0.25) is 0 Å². The van der Waals surface area contributed by atoms with E-state index in [-0.39, 0.29) is 0 Å². The molecule has 21 heavy (non-hydrogen) atoms. The van der Waals surface area contributed by atoms with Crippen molar-refractivity contribution in [3.05, 3.63) is 16.5 Å². The van der Waals surface area contributed by atoms with Crippen LogP contribution in [0.1, 0.15) is 37.1 Å². The van der Waals surface area contributed by atoms with Gasteiger partial charge in [0.1, 0.15) is 4.21 Å². The standard InChI is InChI=1S/C14H24N2O3S2/c1-10-7-13(20-12(10)8-15-11-5-6-11)21(17,18)16-14(2,3)9-19-4/h7,11,15-16H,5-6,8-9H2,1-4H3. The predicted molar refractivity (Wildman–Crippen MR) is 85.2 cm³/mol. The second-order valence-corrected chi connectivity index (χ2v) is 9.30. The van der Waals surface area contributed by atoms with Crippen LogP contribution in [0.2, 0.25) is 0 Å². The zero-order chi connectivity index (χ0) is 15.7. The number of rotatable bonds is 8. The van der Waals surface area contributed by atoms with Gasteiger partial charge in [0.25, 0.3) is 10.0 Å². The van der Waals surface area contributed by atoms with Gasteiger partial charge in [-0.15, -0.1) is 11.3 Å². The number of methoxy groups -OCH3 is 1. The number of hydrogen-bond acceptors (Lipinski definition) is 5. The summed E-state index contributed by atoms with van der Waals surface area (Å²) in [6.07, 6.45) is 2.45. The molecule has 0 saturated heterocycles. The molecule has 1 heterocycles. The highest BCUT2D eigenvalue weighted by Crippen LogP contribution is 2.28. The first-order chi connectivity index (χ1) is 9.73. The molecule has 7 heteroatoms. The molecule has 0 atom stereocenters. The normalized spacial score (nSPS) is 16.4. The lowest BCUT2D eigenvalue weighted by molar-refractivity contribution is 0.141. The van der Waals surface area contributed by atoms with Crippen molar-refractivity contribution in [1.29, 1.82) is 0 Å². The second-order valence-electron chi connectivity index (χ2n) is 6.25. The Bertz CT molecular complexity index is 589. The van der Waals surface area contributed by atoms with Crippen molar-refractivity contribution in [2.24, 2.45) is 0 Å². The van der Waals surface area contributed by atoms with Crippen LogP contribution >= 0.6 is 11.3 Å². The zero-order valence-electron chi connectivity index (χ0n) is 13.0. The molecule has 2 rings (SSSR count). The van der Waals surface area contributed by atoms with Gasteiger partial charge in [0.15, 0.2) is 0 Å². The summed E-state index contributed by atoms with van der Waals surface area (Å²) >= 11 is 1.34. The van der Waals surface area contributed by atoms with E-state index in [0.29, 0.717) is 16.9 Å². The van der Waals surface area contributed by atoms with Gasteiger partial charge < -0.3 is 10.1 Å². The molecule has 0 unspecified atom stereocenters. The zero-order valence-corrected chi connectivity index (χ0v) is 14.7. The third kappa shape index (κ3) is 4.75. The van der Waals surface area contributed by atoms with E-state index in [1.54, 1.807) is 13.2 Å². The highest BCUT2D eigenvalue weighted by atomic mass is 32.2. The van der Waals surface area contributed by atoms with Gasteiger partial charge in [-0.1, -0.05) is 0 Å². The highest BCUT2D eigenvalue weighted by Gasteiger charge is 2.28. The molecule has 1 aliphatic carbocycles. The number of aryl methyl sites for hydroxylation is 1. The molecule has 0 aromatic carbocycles. The summed E-state index contributed by atoms with van der Waals surface area (Å²) in [5, 5.41) is 3.42. The first kappa shape index (κ1) is 16.9. The summed E-state index contributed by atoms with van der Waals surface area (Å²) in [5.41, 5.74) is 0.399. The lowest BCUT2D eigenvalue weighted by Crippen LogP contribution is -2.46. The average Bonchev–Trinajstić information content (AvgIpc) is 3.08. The van der Waals surface area contributed by atoms with E-state index in [0.717, 1.165) is 17.0 Å². The lowest BCUT2D eigenvalue weighted by atomic mass is 10.1. The molecular formula is C14H24N2O3S2. The Morgan fingerprint density at radius 1 is 1.43 bits per heavy atom. The fraction of sp³-hybridized carbons (Fsp3) is 0.714. The Balaban J connectivity index is 2.10. The summed E-state index contributed by atoms with van der Waals surface area (Å²) < 4.78 is 33.1. The van der Waals surface area contributed by atoms with E-state index in [2.05, 4.69) is 10.0 Å². The van der Waals surface area contributed by atoms with Gasteiger partial charge in [0.05, 0.1) is 12.1 Å². The number of thiophene rings is 1. The number of nitrogens with one attached hydrogen (secondary N) is 2. The van der Waals surface area contributed by atoms with Crippen LogP contribution < -0.4 is 10.0 Å². The smallest absolute Gasteiger partial charge is 0.250 e. The topological polar surface area (TPSA) is 67.4 Å². The minimum absolute atomic E-state index is 0.326. The lowest BCUT2D eigenvalue weighted by Gasteiger charge is -2.24. The molecule has 1 saturated carbocycles. The second kappa shape index (κ2) is 6.34. The maximum Gasteiger partial charge on any atom is 0.250 e. The third-order valence-electron chi connectivity index (χ3n) is 3.31. The van der Waals surface area contributed by atoms with Crippen molar-refractivity contribution in [3.63, 3.8) is 0 Å². The van der Waals surface area contributed by atoms with Crippen LogP contribution in [-0.2, 0) is 21.3 Å². The van der Waals surface area contributed by atoms with Gasteiger partial charge in [-0.05, 0) is 45.2 Å². The Hall–Kier alpha value is -0.470. The van der Waals surface area contributed by atoms with Gasteiger partial charge in [0, 0.05) is 24.6 Å². The molecule has 0 aliphatic heterocycles. The fourth-order valence-electron chi connectivity index (χ4n) is 2.13. The van der Waals surface area contributed by atoms with Gasteiger partial charge in [-0.25, -0.2) is 13.1 Å². The largest absolute Gasteiger partial charge is 0.383 e. The summed E-state index contributed by atoms with van der Waals surface area (Å²) in [7, 11) is -1.94.